The van der Waals surface area contributed by atoms with Crippen LogP contribution >= 0.6 is 0 Å². The summed E-state index contributed by atoms with van der Waals surface area (Å²) in [6.07, 6.45) is 0. The summed E-state index contributed by atoms with van der Waals surface area (Å²) in [6.45, 7) is 1.64. The molecule has 0 aliphatic heterocycles. The maximum atomic E-state index is 10.8. The van der Waals surface area contributed by atoms with Gasteiger partial charge in [0.1, 0.15) is 5.82 Å². The van der Waals surface area contributed by atoms with E-state index in [4.69, 9.17) is 0 Å². The van der Waals surface area contributed by atoms with Crippen molar-refractivity contribution < 1.29 is 13.2 Å². The number of hydrogen-bond acceptors (Lipinski definition) is 5. The van der Waals surface area contributed by atoms with Crippen molar-refractivity contribution in [1.82, 2.24) is 14.8 Å². The first-order valence-corrected chi connectivity index (χ1v) is 4.52. The number of nitrogens with zero attached hydrogens (tertiary/aromatic N) is 4. The molecule has 1 N–H and O–H groups in total. The van der Waals surface area contributed by atoms with Gasteiger partial charge in [0.2, 0.25) is 5.95 Å². The number of amides is 2. The van der Waals surface area contributed by atoms with Gasteiger partial charge in [-0.05, 0) is 6.92 Å². The van der Waals surface area contributed by atoms with E-state index in [-0.39, 0.29) is 5.95 Å². The fraction of sp³-hybridized carbons (Fsp3) is 0.400. The molecule has 1 aromatic heterocycles. The minimum atomic E-state index is -2.76. The smallest absolute Gasteiger partial charge is 0.274 e. The number of aryl methyl sites for hydroxylation is 2. The van der Waals surface area contributed by atoms with Gasteiger partial charge < -0.3 is 0 Å². The molecule has 1 rings (SSSR count). The van der Waals surface area contributed by atoms with Crippen molar-refractivity contribution in [3.8, 4) is 0 Å². The second-order valence-corrected chi connectivity index (χ2v) is 2.96. The van der Waals surface area contributed by atoms with Crippen LogP contribution < -0.4 is 5.32 Å². The molecule has 14 heavy (non-hydrogen) atoms. The average molecular weight is 217 g/mol. The van der Waals surface area contributed by atoms with E-state index in [1.165, 1.54) is 4.68 Å². The highest BCUT2D eigenvalue weighted by molar-refractivity contribution is 7.62. The van der Waals surface area contributed by atoms with Crippen LogP contribution in [0, 0.1) is 6.92 Å². The van der Waals surface area contributed by atoms with Crippen LogP contribution in [0.3, 0.4) is 0 Å². The zero-order valence-corrected chi connectivity index (χ0v) is 8.24. The summed E-state index contributed by atoms with van der Waals surface area (Å²) in [5, 5.41) is 5.99. The molecular weight excluding hydrogens is 210 g/mol. The molecule has 1 aromatic rings. The predicted octanol–water partition coefficient (Wildman–Crippen LogP) is -0.282. The van der Waals surface area contributed by atoms with Gasteiger partial charge in [-0.25, -0.2) is 9.48 Å². The molecule has 0 aliphatic rings. The molecule has 0 radical (unpaired) electrons. The summed E-state index contributed by atoms with van der Waals surface area (Å²) in [5.41, 5.74) is 0. The Kier molecular flexibility index (Phi) is 2.92. The first-order valence-electron chi connectivity index (χ1n) is 3.49. The van der Waals surface area contributed by atoms with Gasteiger partial charge >= 0.3 is 16.5 Å². The second kappa shape index (κ2) is 3.96. The molecule has 9 heteroatoms. The van der Waals surface area contributed by atoms with Crippen LogP contribution in [-0.4, -0.2) is 29.2 Å². The van der Waals surface area contributed by atoms with Crippen LogP contribution in [0.4, 0.5) is 10.7 Å². The lowest BCUT2D eigenvalue weighted by Gasteiger charge is -1.96. The number of aromatic nitrogens is 3. The molecule has 0 fully saturated rings. The van der Waals surface area contributed by atoms with E-state index in [1.54, 1.807) is 14.0 Å². The number of carbonyl (C=O) groups excluding carboxylic acids is 1. The molecule has 0 unspecified atom stereocenters. The molecule has 0 saturated carbocycles. The number of urea groups is 1. The molecular formula is C5H7N5O3S. The van der Waals surface area contributed by atoms with Crippen molar-refractivity contribution in [2.75, 3.05) is 5.32 Å². The Morgan fingerprint density at radius 2 is 2.21 bits per heavy atom. The average Bonchev–Trinajstić information content (AvgIpc) is 2.28. The quantitative estimate of drug-likeness (QED) is 0.696. The SMILES string of the molecule is Cc1nc(NC(=O)N=S(=O)=O)n(C)n1. The van der Waals surface area contributed by atoms with Gasteiger partial charge in [0.05, 0.1) is 0 Å². The highest BCUT2D eigenvalue weighted by atomic mass is 32.2. The van der Waals surface area contributed by atoms with Gasteiger partial charge in [0.25, 0.3) is 0 Å². The van der Waals surface area contributed by atoms with Crippen molar-refractivity contribution in [3.05, 3.63) is 5.82 Å². The second-order valence-electron chi connectivity index (χ2n) is 2.34. The van der Waals surface area contributed by atoms with E-state index in [1.807, 2.05) is 0 Å². The third-order valence-corrected chi connectivity index (χ3v) is 1.56. The molecule has 0 aromatic carbocycles. The van der Waals surface area contributed by atoms with E-state index < -0.39 is 16.5 Å². The first-order chi connectivity index (χ1) is 6.49. The van der Waals surface area contributed by atoms with Gasteiger partial charge in [-0.2, -0.15) is 18.5 Å². The molecule has 0 spiro atoms. The van der Waals surface area contributed by atoms with E-state index in [9.17, 15) is 13.2 Å². The maximum absolute atomic E-state index is 10.8. The van der Waals surface area contributed by atoms with E-state index in [0.717, 1.165) is 0 Å². The Labute approximate surface area is 80.7 Å². The van der Waals surface area contributed by atoms with Crippen molar-refractivity contribution in [1.29, 1.82) is 0 Å². The largest absolute Gasteiger partial charge is 0.362 e. The monoisotopic (exact) mass is 217 g/mol. The number of hydrogen-bond donors (Lipinski definition) is 1. The fourth-order valence-electron chi connectivity index (χ4n) is 0.807. The van der Waals surface area contributed by atoms with Crippen molar-refractivity contribution in [2.45, 2.75) is 6.92 Å². The third kappa shape index (κ3) is 2.62. The lowest BCUT2D eigenvalue weighted by molar-refractivity contribution is 0.259. The minimum absolute atomic E-state index is 0.140. The van der Waals surface area contributed by atoms with Gasteiger partial charge in [0, 0.05) is 7.05 Å². The number of anilines is 1. The van der Waals surface area contributed by atoms with E-state index in [2.05, 4.69) is 19.8 Å². The third-order valence-electron chi connectivity index (χ3n) is 1.25. The van der Waals surface area contributed by atoms with Gasteiger partial charge in [-0.3, -0.25) is 5.32 Å². The normalized spacial score (nSPS) is 9.57. The topological polar surface area (TPSA) is 106 Å². The summed E-state index contributed by atoms with van der Waals surface area (Å²) >= 11 is 0. The summed E-state index contributed by atoms with van der Waals surface area (Å²) in [5.74, 6) is 0.604. The van der Waals surface area contributed by atoms with Crippen LogP contribution in [-0.2, 0) is 17.5 Å². The lowest BCUT2D eigenvalue weighted by Crippen LogP contribution is -2.10. The van der Waals surface area contributed by atoms with Gasteiger partial charge in [-0.15, -0.1) is 0 Å². The maximum Gasteiger partial charge on any atom is 0.362 e. The molecule has 76 valence electrons. The number of carbonyl (C=O) groups is 1. The molecule has 0 bridgehead atoms. The zero-order valence-electron chi connectivity index (χ0n) is 7.42. The molecule has 8 nitrogen and oxygen atoms in total. The molecule has 0 atom stereocenters. The minimum Gasteiger partial charge on any atom is -0.274 e. The highest BCUT2D eigenvalue weighted by Crippen LogP contribution is 2.01. The summed E-state index contributed by atoms with van der Waals surface area (Å²) in [6, 6.07) is -1.01. The van der Waals surface area contributed by atoms with Gasteiger partial charge in [0.15, 0.2) is 0 Å². The lowest BCUT2D eigenvalue weighted by atomic mass is 10.7. The van der Waals surface area contributed by atoms with Crippen LogP contribution in [0.25, 0.3) is 0 Å². The summed E-state index contributed by atoms with van der Waals surface area (Å²) in [7, 11) is -1.20. The summed E-state index contributed by atoms with van der Waals surface area (Å²) in [4.78, 5) is 14.6. The standard InChI is InChI=1S/C5H7N5O3S/c1-3-6-4(10(2)8-3)7-5(11)9-14(12)13/h1-2H3,(H,6,7,8,11). The van der Waals surface area contributed by atoms with Crippen LogP contribution in [0.5, 0.6) is 0 Å². The predicted molar refractivity (Wildman–Crippen MR) is 46.1 cm³/mol. The van der Waals surface area contributed by atoms with Crippen LogP contribution in [0.15, 0.2) is 4.36 Å². The molecule has 2 amide bonds. The van der Waals surface area contributed by atoms with Crippen molar-refractivity contribution in [3.63, 3.8) is 0 Å². The van der Waals surface area contributed by atoms with Gasteiger partial charge in [-0.1, -0.05) is 4.36 Å². The Bertz CT molecular complexity index is 479. The first kappa shape index (κ1) is 10.3. The number of rotatable bonds is 1. The van der Waals surface area contributed by atoms with Crippen LogP contribution in [0.2, 0.25) is 0 Å². The molecule has 1 heterocycles. The highest BCUT2D eigenvalue weighted by Gasteiger charge is 2.07. The molecule has 0 saturated heterocycles. The Morgan fingerprint density at radius 1 is 1.57 bits per heavy atom. The van der Waals surface area contributed by atoms with Crippen molar-refractivity contribution >= 4 is 22.5 Å². The van der Waals surface area contributed by atoms with E-state index >= 15 is 0 Å². The Balaban J connectivity index is 2.84. The summed E-state index contributed by atoms with van der Waals surface area (Å²) < 4.78 is 24.1. The Morgan fingerprint density at radius 3 is 2.64 bits per heavy atom. The number of nitrogens with one attached hydrogen (secondary N) is 1. The fourth-order valence-corrected chi connectivity index (χ4v) is 0.988. The molecule has 0 aliphatic carbocycles. The van der Waals surface area contributed by atoms with Crippen LogP contribution in [0.1, 0.15) is 5.82 Å². The zero-order chi connectivity index (χ0) is 10.7. The Hall–Kier alpha value is -1.77. The van der Waals surface area contributed by atoms with Crippen molar-refractivity contribution in [2.24, 2.45) is 11.4 Å². The van der Waals surface area contributed by atoms with E-state index in [0.29, 0.717) is 5.82 Å².